The van der Waals surface area contributed by atoms with E-state index in [2.05, 4.69) is 22.5 Å². The van der Waals surface area contributed by atoms with Crippen molar-refractivity contribution in [1.82, 2.24) is 14.3 Å². The van der Waals surface area contributed by atoms with Crippen LogP contribution in [0.3, 0.4) is 0 Å². The average molecular weight is 480 g/mol. The number of fused-ring (bicyclic) bond motifs is 1. The minimum Gasteiger partial charge on any atom is -0.327 e. The first kappa shape index (κ1) is 25.5. The lowest BCUT2D eigenvalue weighted by Crippen LogP contribution is -2.26. The highest BCUT2D eigenvalue weighted by Crippen LogP contribution is 2.35. The van der Waals surface area contributed by atoms with Crippen molar-refractivity contribution in [2.24, 2.45) is 5.73 Å². The molecule has 1 aromatic carbocycles. The zero-order valence-electron chi connectivity index (χ0n) is 16.9. The summed E-state index contributed by atoms with van der Waals surface area (Å²) in [5, 5.41) is 7.01. The number of rotatable bonds is 6. The van der Waals surface area contributed by atoms with Crippen LogP contribution in [0.15, 0.2) is 47.3 Å². The molecule has 0 saturated heterocycles. The molecule has 0 bridgehead atoms. The van der Waals surface area contributed by atoms with Crippen molar-refractivity contribution in [1.29, 1.82) is 0 Å². The van der Waals surface area contributed by atoms with Gasteiger partial charge in [-0.1, -0.05) is 7.43 Å². The van der Waals surface area contributed by atoms with Crippen LogP contribution in [0.5, 0.6) is 0 Å². The van der Waals surface area contributed by atoms with Gasteiger partial charge in [0.05, 0.1) is 19.4 Å². The normalized spacial score (nSPS) is 13.1. The zero-order chi connectivity index (χ0) is 21.3. The molecule has 3 heterocycles. The van der Waals surface area contributed by atoms with Gasteiger partial charge in [-0.05, 0) is 59.9 Å². The monoisotopic (exact) mass is 479 g/mol. The molecule has 1 aliphatic rings. The van der Waals surface area contributed by atoms with E-state index in [9.17, 15) is 14.0 Å². The largest absolute Gasteiger partial charge is 0.346 e. The molecule has 4 rings (SSSR count). The van der Waals surface area contributed by atoms with E-state index >= 15 is 0 Å². The SMILES string of the molecule is C.Cc1cc(-c2ccc(Cn3cnn(C/C(=C\F)CN)c3=O)s2)cc2c1NC(=O)CC2.Cl. The number of hydrogen-bond donors (Lipinski definition) is 2. The van der Waals surface area contributed by atoms with Gasteiger partial charge < -0.3 is 11.1 Å². The Morgan fingerprint density at radius 2 is 2.09 bits per heavy atom. The predicted octanol–water partition coefficient (Wildman–Crippen LogP) is 3.88. The summed E-state index contributed by atoms with van der Waals surface area (Å²) in [6.45, 7) is 2.46. The van der Waals surface area contributed by atoms with Crippen molar-refractivity contribution in [3.05, 3.63) is 69.0 Å². The Hall–Kier alpha value is -2.75. The van der Waals surface area contributed by atoms with E-state index in [0.29, 0.717) is 24.9 Å². The van der Waals surface area contributed by atoms with E-state index in [4.69, 9.17) is 5.73 Å². The highest BCUT2D eigenvalue weighted by Gasteiger charge is 2.18. The first-order valence-corrected chi connectivity index (χ1v) is 10.4. The van der Waals surface area contributed by atoms with Crippen LogP contribution in [-0.4, -0.2) is 26.8 Å². The molecule has 3 N–H and O–H groups in total. The molecule has 7 nitrogen and oxygen atoms in total. The van der Waals surface area contributed by atoms with Crippen molar-refractivity contribution in [2.45, 2.75) is 40.3 Å². The molecule has 0 spiro atoms. The van der Waals surface area contributed by atoms with Crippen LogP contribution in [0.25, 0.3) is 10.4 Å². The fourth-order valence-corrected chi connectivity index (χ4v) is 4.53. The molecule has 0 fully saturated rings. The average Bonchev–Trinajstić information content (AvgIpc) is 3.34. The Labute approximate surface area is 196 Å². The van der Waals surface area contributed by atoms with Gasteiger partial charge in [0.15, 0.2) is 0 Å². The number of benzene rings is 1. The number of aryl methyl sites for hydroxylation is 2. The van der Waals surface area contributed by atoms with Crippen LogP contribution < -0.4 is 16.7 Å². The summed E-state index contributed by atoms with van der Waals surface area (Å²) >= 11 is 1.61. The molecule has 0 unspecified atom stereocenters. The van der Waals surface area contributed by atoms with E-state index < -0.39 is 0 Å². The molecule has 1 amide bonds. The van der Waals surface area contributed by atoms with Crippen LogP contribution in [0.2, 0.25) is 0 Å². The number of carbonyl (C=O) groups is 1. The van der Waals surface area contributed by atoms with Gasteiger partial charge >= 0.3 is 5.69 Å². The Morgan fingerprint density at radius 3 is 2.81 bits per heavy atom. The fourth-order valence-electron chi connectivity index (χ4n) is 3.54. The molecule has 3 aromatic rings. The van der Waals surface area contributed by atoms with Crippen LogP contribution in [-0.2, 0) is 24.3 Å². The van der Waals surface area contributed by atoms with Crippen LogP contribution in [0.4, 0.5) is 10.1 Å². The van der Waals surface area contributed by atoms with Gasteiger partial charge in [0.1, 0.15) is 6.33 Å². The predicted molar refractivity (Wildman–Crippen MR) is 129 cm³/mol. The summed E-state index contributed by atoms with van der Waals surface area (Å²) in [6, 6.07) is 8.23. The maximum Gasteiger partial charge on any atom is 0.346 e. The van der Waals surface area contributed by atoms with Gasteiger partial charge in [-0.3, -0.25) is 9.36 Å². The van der Waals surface area contributed by atoms with Gasteiger partial charge in [0.25, 0.3) is 0 Å². The minimum atomic E-state index is -0.307. The number of aromatic nitrogens is 3. The van der Waals surface area contributed by atoms with E-state index in [1.165, 1.54) is 15.6 Å². The molecular weight excluding hydrogens is 453 g/mol. The molecule has 10 heteroatoms. The topological polar surface area (TPSA) is 94.9 Å². The van der Waals surface area contributed by atoms with Crippen molar-refractivity contribution in [3.8, 4) is 10.4 Å². The van der Waals surface area contributed by atoms with Gasteiger partial charge in [-0.25, -0.2) is 13.9 Å². The fraction of sp³-hybridized carbons (Fsp3) is 0.318. The van der Waals surface area contributed by atoms with Gasteiger partial charge in [-0.15, -0.1) is 23.7 Å². The Morgan fingerprint density at radius 1 is 1.31 bits per heavy atom. The standard InChI is InChI=1S/C21H22FN5O2S.CH4.ClH/c1-13-6-16(7-15-2-5-19(28)25-20(13)15)18-4-3-17(30-18)11-26-12-24-27(21(26)29)10-14(8-22)9-23;;/h3-4,6-8,12H,2,5,9-11,23H2,1H3,(H,25,28);1H4;1H/b14-8-;;. The minimum absolute atomic E-state index is 0. The number of nitrogens with zero attached hydrogens (tertiary/aromatic N) is 3. The lowest BCUT2D eigenvalue weighted by molar-refractivity contribution is -0.116. The van der Waals surface area contributed by atoms with E-state index in [0.717, 1.165) is 38.6 Å². The number of carbonyl (C=O) groups excluding carboxylic acids is 1. The maximum atomic E-state index is 12.7. The quantitative estimate of drug-likeness (QED) is 0.560. The van der Waals surface area contributed by atoms with Gasteiger partial charge in [-0.2, -0.15) is 5.10 Å². The van der Waals surface area contributed by atoms with Crippen molar-refractivity contribution in [2.75, 3.05) is 11.9 Å². The van der Waals surface area contributed by atoms with E-state index in [1.54, 1.807) is 11.3 Å². The van der Waals surface area contributed by atoms with E-state index in [-0.39, 0.29) is 44.5 Å². The van der Waals surface area contributed by atoms with Crippen LogP contribution in [0.1, 0.15) is 29.9 Å². The number of amides is 1. The van der Waals surface area contributed by atoms with Crippen LogP contribution in [0, 0.1) is 6.92 Å². The smallest absolute Gasteiger partial charge is 0.327 e. The second-order valence-electron chi connectivity index (χ2n) is 7.31. The highest BCUT2D eigenvalue weighted by atomic mass is 35.5. The zero-order valence-corrected chi connectivity index (χ0v) is 18.6. The van der Waals surface area contributed by atoms with Gasteiger partial charge in [0, 0.05) is 28.4 Å². The maximum absolute atomic E-state index is 12.7. The third-order valence-corrected chi connectivity index (χ3v) is 6.26. The highest BCUT2D eigenvalue weighted by molar-refractivity contribution is 7.15. The Bertz CT molecular complexity index is 1200. The molecule has 32 heavy (non-hydrogen) atoms. The summed E-state index contributed by atoms with van der Waals surface area (Å²) in [4.78, 5) is 26.3. The Balaban J connectivity index is 0.00000181. The Kier molecular flexibility index (Phi) is 8.54. The molecule has 0 atom stereocenters. The summed E-state index contributed by atoms with van der Waals surface area (Å²) in [6.07, 6.45) is 3.12. The summed E-state index contributed by atoms with van der Waals surface area (Å²) in [5.41, 5.74) is 9.66. The second kappa shape index (κ2) is 10.7. The number of nitrogens with two attached hydrogens (primary N) is 1. The summed E-state index contributed by atoms with van der Waals surface area (Å²) < 4.78 is 15.4. The molecule has 0 radical (unpaired) electrons. The number of thiophene rings is 1. The number of anilines is 1. The first-order chi connectivity index (χ1) is 14.5. The summed E-state index contributed by atoms with van der Waals surface area (Å²) in [7, 11) is 0. The lowest BCUT2D eigenvalue weighted by atomic mass is 9.96. The number of hydrogen-bond acceptors (Lipinski definition) is 5. The number of nitrogens with one attached hydrogen (secondary N) is 1. The molecule has 2 aromatic heterocycles. The molecule has 1 aliphatic heterocycles. The van der Waals surface area contributed by atoms with E-state index in [1.807, 2.05) is 19.1 Å². The van der Waals surface area contributed by atoms with Crippen molar-refractivity contribution < 1.29 is 9.18 Å². The second-order valence-corrected chi connectivity index (χ2v) is 8.48. The van der Waals surface area contributed by atoms with Crippen LogP contribution >= 0.6 is 23.7 Å². The number of halogens is 2. The van der Waals surface area contributed by atoms with Crippen molar-refractivity contribution in [3.63, 3.8) is 0 Å². The molecule has 172 valence electrons. The third-order valence-electron chi connectivity index (χ3n) is 5.14. The lowest BCUT2D eigenvalue weighted by Gasteiger charge is -2.20. The van der Waals surface area contributed by atoms with Gasteiger partial charge in [0.2, 0.25) is 5.91 Å². The first-order valence-electron chi connectivity index (χ1n) is 9.61. The summed E-state index contributed by atoms with van der Waals surface area (Å²) in [5.74, 6) is 0.0586. The molecular formula is C22H27ClFN5O2S. The third kappa shape index (κ3) is 5.17. The van der Waals surface area contributed by atoms with Crippen molar-refractivity contribution >= 4 is 35.3 Å². The molecule has 0 saturated carbocycles. The molecule has 0 aliphatic carbocycles.